The van der Waals surface area contributed by atoms with Crippen LogP contribution in [0, 0.1) is 0 Å². The molecule has 0 unspecified atom stereocenters. The van der Waals surface area contributed by atoms with Gasteiger partial charge in [0.2, 0.25) is 15.6 Å². The van der Waals surface area contributed by atoms with E-state index in [0.29, 0.717) is 22.5 Å². The lowest BCUT2D eigenvalue weighted by Gasteiger charge is -2.07. The summed E-state index contributed by atoms with van der Waals surface area (Å²) in [5, 5.41) is 16.7. The van der Waals surface area contributed by atoms with Crippen molar-refractivity contribution in [1.82, 2.24) is 19.2 Å². The van der Waals surface area contributed by atoms with Crippen LogP contribution >= 0.6 is 0 Å². The Hall–Kier alpha value is -3.60. The van der Waals surface area contributed by atoms with E-state index in [4.69, 9.17) is 9.47 Å². The molecule has 11 heteroatoms. The smallest absolute Gasteiger partial charge is 0.323 e. The SMILES string of the molecule is COc1ccc(OCCS(=O)(=O)c2nnc3n(CC(=O)O)c4ccccc4n23)cc1. The number of nitrogens with zero attached hydrogens (tertiary/aromatic N) is 4. The number of carboxylic acid groups (broad SMARTS) is 1. The predicted octanol–water partition coefficient (Wildman–Crippen LogP) is 1.63. The first-order valence-electron chi connectivity index (χ1n) is 8.94. The van der Waals surface area contributed by atoms with Gasteiger partial charge in [0.1, 0.15) is 24.7 Å². The van der Waals surface area contributed by atoms with Gasteiger partial charge in [0.15, 0.2) is 0 Å². The second-order valence-corrected chi connectivity index (χ2v) is 8.43. The number of sulfone groups is 1. The zero-order valence-corrected chi connectivity index (χ0v) is 16.7. The summed E-state index contributed by atoms with van der Waals surface area (Å²) in [5.41, 5.74) is 1.06. The number of fused-ring (bicyclic) bond motifs is 3. The Balaban J connectivity index is 1.63. The number of carbonyl (C=O) groups is 1. The zero-order valence-electron chi connectivity index (χ0n) is 15.9. The van der Waals surface area contributed by atoms with Crippen LogP contribution in [-0.4, -0.2) is 58.1 Å². The van der Waals surface area contributed by atoms with Crippen LogP contribution in [0.2, 0.25) is 0 Å². The van der Waals surface area contributed by atoms with Crippen molar-refractivity contribution in [3.63, 3.8) is 0 Å². The molecule has 0 aliphatic carbocycles. The molecule has 10 nitrogen and oxygen atoms in total. The van der Waals surface area contributed by atoms with Gasteiger partial charge in [-0.2, -0.15) is 0 Å². The molecular formula is C19H18N4O6S. The second kappa shape index (κ2) is 7.67. The molecule has 0 spiro atoms. The fourth-order valence-electron chi connectivity index (χ4n) is 3.16. The highest BCUT2D eigenvalue weighted by atomic mass is 32.2. The molecule has 1 N–H and O–H groups in total. The van der Waals surface area contributed by atoms with Gasteiger partial charge < -0.3 is 14.6 Å². The summed E-state index contributed by atoms with van der Waals surface area (Å²) in [7, 11) is -2.30. The molecule has 0 fully saturated rings. The highest BCUT2D eigenvalue weighted by molar-refractivity contribution is 7.91. The number of carboxylic acids is 1. The molecule has 156 valence electrons. The summed E-state index contributed by atoms with van der Waals surface area (Å²) < 4.78 is 39.2. The van der Waals surface area contributed by atoms with Gasteiger partial charge in [0, 0.05) is 0 Å². The highest BCUT2D eigenvalue weighted by Crippen LogP contribution is 2.24. The molecule has 30 heavy (non-hydrogen) atoms. The Morgan fingerprint density at radius 1 is 1.03 bits per heavy atom. The third-order valence-electron chi connectivity index (χ3n) is 4.52. The van der Waals surface area contributed by atoms with Crippen LogP contribution in [0.15, 0.2) is 53.7 Å². The number of hydrogen-bond acceptors (Lipinski definition) is 7. The Labute approximate surface area is 171 Å². The molecule has 2 heterocycles. The third kappa shape index (κ3) is 3.54. The van der Waals surface area contributed by atoms with Gasteiger partial charge in [-0.15, -0.1) is 10.2 Å². The number of ether oxygens (including phenoxy) is 2. The third-order valence-corrected chi connectivity index (χ3v) is 6.05. The highest BCUT2D eigenvalue weighted by Gasteiger charge is 2.26. The average Bonchev–Trinajstić information content (AvgIpc) is 3.29. The predicted molar refractivity (Wildman–Crippen MR) is 107 cm³/mol. The number of rotatable bonds is 8. The number of hydrogen-bond donors (Lipinski definition) is 1. The summed E-state index contributed by atoms with van der Waals surface area (Å²) >= 11 is 0. The Morgan fingerprint density at radius 3 is 2.37 bits per heavy atom. The van der Waals surface area contributed by atoms with Crippen molar-refractivity contribution >= 4 is 32.6 Å². The molecule has 0 aliphatic heterocycles. The first kappa shape index (κ1) is 19.7. The van der Waals surface area contributed by atoms with E-state index in [0.717, 1.165) is 0 Å². The lowest BCUT2D eigenvalue weighted by molar-refractivity contribution is -0.137. The van der Waals surface area contributed by atoms with Crippen LogP contribution in [-0.2, 0) is 21.2 Å². The van der Waals surface area contributed by atoms with Crippen molar-refractivity contribution < 1.29 is 27.8 Å². The van der Waals surface area contributed by atoms with E-state index in [2.05, 4.69) is 10.2 Å². The van der Waals surface area contributed by atoms with Gasteiger partial charge in [-0.25, -0.2) is 12.8 Å². The number of methoxy groups -OCH3 is 1. The van der Waals surface area contributed by atoms with Gasteiger partial charge in [-0.1, -0.05) is 12.1 Å². The fourth-order valence-corrected chi connectivity index (χ4v) is 4.27. The van der Waals surface area contributed by atoms with Crippen molar-refractivity contribution in [1.29, 1.82) is 0 Å². The number of imidazole rings is 1. The van der Waals surface area contributed by atoms with E-state index in [9.17, 15) is 18.3 Å². The van der Waals surface area contributed by atoms with Crippen LogP contribution in [0.5, 0.6) is 11.5 Å². The van der Waals surface area contributed by atoms with Gasteiger partial charge in [0.25, 0.3) is 5.16 Å². The zero-order chi connectivity index (χ0) is 21.3. The molecule has 2 aromatic heterocycles. The van der Waals surface area contributed by atoms with Crippen LogP contribution in [0.1, 0.15) is 0 Å². The monoisotopic (exact) mass is 430 g/mol. The minimum absolute atomic E-state index is 0.0860. The minimum atomic E-state index is -3.85. The molecule has 0 aliphatic rings. The molecule has 0 saturated carbocycles. The molecule has 4 aromatic rings. The second-order valence-electron chi connectivity index (χ2n) is 6.43. The van der Waals surface area contributed by atoms with Crippen molar-refractivity contribution in [3.8, 4) is 11.5 Å². The Bertz CT molecular complexity index is 1320. The standard InChI is InChI=1S/C19H18N4O6S/c1-28-13-6-8-14(9-7-13)29-10-11-30(26,27)19-21-20-18-22(12-17(24)25)15-4-2-3-5-16(15)23(18)19/h2-9H,10-12H2,1H3,(H,24,25). The average molecular weight is 430 g/mol. The number of benzene rings is 2. The molecular weight excluding hydrogens is 412 g/mol. The summed E-state index contributed by atoms with van der Waals surface area (Å²) in [6.07, 6.45) is 0. The maximum atomic E-state index is 12.9. The van der Waals surface area contributed by atoms with Gasteiger partial charge in [0.05, 0.1) is 23.9 Å². The van der Waals surface area contributed by atoms with E-state index in [-0.39, 0.29) is 29.8 Å². The Kier molecular flexibility index (Phi) is 5.04. The fraction of sp³-hybridized carbons (Fsp3) is 0.211. The summed E-state index contributed by atoms with van der Waals surface area (Å²) in [4.78, 5) is 11.3. The minimum Gasteiger partial charge on any atom is -0.497 e. The largest absolute Gasteiger partial charge is 0.497 e. The molecule has 2 aromatic carbocycles. The van der Waals surface area contributed by atoms with Gasteiger partial charge >= 0.3 is 5.97 Å². The van der Waals surface area contributed by atoms with Gasteiger partial charge in [-0.05, 0) is 36.4 Å². The molecule has 0 amide bonds. The molecule has 0 radical (unpaired) electrons. The van der Waals surface area contributed by atoms with Crippen molar-refractivity contribution in [2.45, 2.75) is 11.7 Å². The normalized spacial score (nSPS) is 11.8. The lowest BCUT2D eigenvalue weighted by atomic mass is 10.3. The number of para-hydroxylation sites is 2. The summed E-state index contributed by atoms with van der Waals surface area (Å²) in [6.45, 7) is -0.451. The van der Waals surface area contributed by atoms with E-state index in [1.807, 2.05) is 0 Å². The number of aliphatic carboxylic acids is 1. The Morgan fingerprint density at radius 2 is 1.70 bits per heavy atom. The van der Waals surface area contributed by atoms with Crippen LogP contribution in [0.4, 0.5) is 0 Å². The van der Waals surface area contributed by atoms with Crippen molar-refractivity contribution in [2.24, 2.45) is 0 Å². The molecule has 0 atom stereocenters. The van der Waals surface area contributed by atoms with E-state index >= 15 is 0 Å². The first-order chi connectivity index (χ1) is 14.4. The van der Waals surface area contributed by atoms with Crippen molar-refractivity contribution in [3.05, 3.63) is 48.5 Å². The van der Waals surface area contributed by atoms with E-state index in [1.54, 1.807) is 55.6 Å². The summed E-state index contributed by atoms with van der Waals surface area (Å²) in [6, 6.07) is 13.7. The quantitative estimate of drug-likeness (QED) is 0.447. The maximum absolute atomic E-state index is 12.9. The first-order valence-corrected chi connectivity index (χ1v) is 10.6. The molecule has 0 bridgehead atoms. The summed E-state index contributed by atoms with van der Waals surface area (Å²) in [5.74, 6) is -0.0704. The number of aromatic nitrogens is 4. The van der Waals surface area contributed by atoms with E-state index < -0.39 is 15.8 Å². The van der Waals surface area contributed by atoms with E-state index in [1.165, 1.54) is 8.97 Å². The van der Waals surface area contributed by atoms with Gasteiger partial charge in [-0.3, -0.25) is 9.36 Å². The van der Waals surface area contributed by atoms with Crippen molar-refractivity contribution in [2.75, 3.05) is 19.5 Å². The van der Waals surface area contributed by atoms with Crippen LogP contribution in [0.3, 0.4) is 0 Å². The van der Waals surface area contributed by atoms with Crippen LogP contribution in [0.25, 0.3) is 16.8 Å². The van der Waals surface area contributed by atoms with Crippen LogP contribution < -0.4 is 9.47 Å². The topological polar surface area (TPSA) is 125 Å². The maximum Gasteiger partial charge on any atom is 0.323 e. The molecule has 0 saturated heterocycles. The lowest BCUT2D eigenvalue weighted by Crippen LogP contribution is -2.16. The molecule has 4 rings (SSSR count).